The zero-order valence-corrected chi connectivity index (χ0v) is 13.3. The molecule has 0 unspecified atom stereocenters. The highest BCUT2D eigenvalue weighted by Crippen LogP contribution is 2.21. The molecule has 0 aliphatic heterocycles. The Morgan fingerprint density at radius 3 is 2.47 bits per heavy atom. The van der Waals surface area contributed by atoms with Crippen LogP contribution in [0.15, 0.2) is 22.7 Å². The van der Waals surface area contributed by atoms with Crippen molar-refractivity contribution in [1.29, 1.82) is 0 Å². The fourth-order valence-corrected chi connectivity index (χ4v) is 2.51. The molecule has 0 aliphatic rings. The van der Waals surface area contributed by atoms with Crippen molar-refractivity contribution in [1.82, 2.24) is 4.90 Å². The van der Waals surface area contributed by atoms with Crippen molar-refractivity contribution in [3.8, 4) is 0 Å². The molecular weight excluding hydrogens is 391 g/mol. The van der Waals surface area contributed by atoms with Gasteiger partial charge >= 0.3 is 6.18 Å². The average molecular weight is 403 g/mol. The van der Waals surface area contributed by atoms with Gasteiger partial charge in [0, 0.05) is 21.9 Å². The van der Waals surface area contributed by atoms with E-state index >= 15 is 0 Å². The van der Waals surface area contributed by atoms with E-state index in [1.54, 1.807) is 19.1 Å². The first kappa shape index (κ1) is 16.5. The van der Waals surface area contributed by atoms with E-state index in [0.717, 1.165) is 9.37 Å². The Bertz CT molecular complexity index is 463. The summed E-state index contributed by atoms with van der Waals surface area (Å²) in [5.74, 6) is -0.609. The quantitative estimate of drug-likeness (QED) is 0.692. The number of nitrogens with zero attached hydrogens (tertiary/aromatic N) is 1. The third-order valence-electron chi connectivity index (χ3n) is 2.43. The topological polar surface area (TPSA) is 20.3 Å². The van der Waals surface area contributed by atoms with Crippen molar-refractivity contribution in [2.24, 2.45) is 0 Å². The second kappa shape index (κ2) is 6.74. The van der Waals surface area contributed by atoms with Crippen LogP contribution >= 0.6 is 31.9 Å². The lowest BCUT2D eigenvalue weighted by Crippen LogP contribution is -2.40. The molecule has 0 N–H and O–H groups in total. The number of aryl methyl sites for hydroxylation is 1. The maximum absolute atomic E-state index is 12.5. The van der Waals surface area contributed by atoms with E-state index in [2.05, 4.69) is 31.9 Å². The van der Waals surface area contributed by atoms with Gasteiger partial charge < -0.3 is 4.90 Å². The highest BCUT2D eigenvalue weighted by atomic mass is 79.9. The maximum Gasteiger partial charge on any atom is 0.406 e. The molecule has 0 heterocycles. The highest BCUT2D eigenvalue weighted by Gasteiger charge is 2.33. The minimum atomic E-state index is -4.40. The molecule has 0 radical (unpaired) electrons. The van der Waals surface area contributed by atoms with Crippen LogP contribution in [-0.4, -0.2) is 35.4 Å². The van der Waals surface area contributed by atoms with Gasteiger partial charge in [0.05, 0.1) is 0 Å². The molecule has 1 rings (SSSR count). The zero-order chi connectivity index (χ0) is 14.6. The molecule has 0 aliphatic carbocycles. The van der Waals surface area contributed by atoms with Crippen molar-refractivity contribution < 1.29 is 18.0 Å². The second-order valence-electron chi connectivity index (χ2n) is 3.99. The number of halogens is 5. The van der Waals surface area contributed by atoms with Gasteiger partial charge in [0.1, 0.15) is 6.54 Å². The number of amides is 1. The lowest BCUT2D eigenvalue weighted by atomic mass is 10.1. The Hall–Kier alpha value is -0.560. The van der Waals surface area contributed by atoms with E-state index in [1.807, 2.05) is 0 Å². The molecule has 0 fully saturated rings. The normalized spacial score (nSPS) is 11.5. The lowest BCUT2D eigenvalue weighted by Gasteiger charge is -2.24. The van der Waals surface area contributed by atoms with Gasteiger partial charge in [0.25, 0.3) is 5.91 Å². The van der Waals surface area contributed by atoms with Crippen LogP contribution in [0.5, 0.6) is 0 Å². The number of rotatable bonds is 4. The smallest absolute Gasteiger partial charge is 0.329 e. The van der Waals surface area contributed by atoms with Crippen molar-refractivity contribution in [3.05, 3.63) is 33.8 Å². The minimum Gasteiger partial charge on any atom is -0.329 e. The molecule has 0 saturated carbocycles. The molecule has 0 bridgehead atoms. The monoisotopic (exact) mass is 401 g/mol. The summed E-state index contributed by atoms with van der Waals surface area (Å²) in [6.45, 7) is 0.457. The van der Waals surface area contributed by atoms with Crippen LogP contribution in [0.2, 0.25) is 0 Å². The molecule has 0 aromatic heterocycles. The zero-order valence-electron chi connectivity index (χ0n) is 10.1. The number of hydrogen-bond donors (Lipinski definition) is 0. The molecule has 7 heteroatoms. The fourth-order valence-electron chi connectivity index (χ4n) is 1.61. The molecule has 106 valence electrons. The standard InChI is InChI=1S/C12H12Br2F3NO/c1-8-6-9(14)2-3-10(8)11(19)18(5-4-13)7-12(15,16)17/h2-3,6H,4-5,7H2,1H3. The van der Waals surface area contributed by atoms with Gasteiger partial charge in [-0.25, -0.2) is 0 Å². The Labute approximate surface area is 126 Å². The molecular formula is C12H12Br2F3NO. The number of benzene rings is 1. The van der Waals surface area contributed by atoms with Crippen molar-refractivity contribution in [3.63, 3.8) is 0 Å². The van der Waals surface area contributed by atoms with Gasteiger partial charge in [-0.3, -0.25) is 4.79 Å². The van der Waals surface area contributed by atoms with Gasteiger partial charge in [0.15, 0.2) is 0 Å². The first-order valence-corrected chi connectivity index (χ1v) is 7.34. The summed E-state index contributed by atoms with van der Waals surface area (Å²) in [7, 11) is 0. The van der Waals surface area contributed by atoms with Crippen LogP contribution in [-0.2, 0) is 0 Å². The predicted molar refractivity (Wildman–Crippen MR) is 74.6 cm³/mol. The lowest BCUT2D eigenvalue weighted by molar-refractivity contribution is -0.140. The molecule has 19 heavy (non-hydrogen) atoms. The third-order valence-corrected chi connectivity index (χ3v) is 3.28. The predicted octanol–water partition coefficient (Wildman–Crippen LogP) is 4.16. The average Bonchev–Trinajstić information content (AvgIpc) is 2.26. The number of carbonyl (C=O) groups is 1. The van der Waals surface area contributed by atoms with Crippen molar-refractivity contribution in [2.75, 3.05) is 18.4 Å². The van der Waals surface area contributed by atoms with Gasteiger partial charge in [-0.05, 0) is 30.7 Å². The Morgan fingerprint density at radius 1 is 1.37 bits per heavy atom. The van der Waals surface area contributed by atoms with Gasteiger partial charge in [-0.2, -0.15) is 13.2 Å². The second-order valence-corrected chi connectivity index (χ2v) is 5.70. The maximum atomic E-state index is 12.5. The molecule has 1 aromatic carbocycles. The SMILES string of the molecule is Cc1cc(Br)ccc1C(=O)N(CCBr)CC(F)(F)F. The van der Waals surface area contributed by atoms with Gasteiger partial charge in [-0.1, -0.05) is 31.9 Å². The van der Waals surface area contributed by atoms with Gasteiger partial charge in [0.2, 0.25) is 0 Å². The van der Waals surface area contributed by atoms with Crippen LogP contribution in [0, 0.1) is 6.92 Å². The van der Waals surface area contributed by atoms with Crippen LogP contribution in [0.4, 0.5) is 13.2 Å². The summed E-state index contributed by atoms with van der Waals surface area (Å²) in [5.41, 5.74) is 0.925. The largest absolute Gasteiger partial charge is 0.406 e. The summed E-state index contributed by atoms with van der Waals surface area (Å²) in [4.78, 5) is 12.9. The van der Waals surface area contributed by atoms with Crippen LogP contribution in [0.25, 0.3) is 0 Å². The van der Waals surface area contributed by atoms with Gasteiger partial charge in [-0.15, -0.1) is 0 Å². The minimum absolute atomic E-state index is 0.00778. The Morgan fingerprint density at radius 2 is 2.00 bits per heavy atom. The first-order valence-electron chi connectivity index (χ1n) is 5.42. The van der Waals surface area contributed by atoms with E-state index in [9.17, 15) is 18.0 Å². The van der Waals surface area contributed by atoms with Crippen LogP contribution < -0.4 is 0 Å². The Kier molecular flexibility index (Phi) is 5.85. The summed E-state index contributed by atoms with van der Waals surface area (Å²) in [5, 5.41) is 0.296. The number of carbonyl (C=O) groups excluding carboxylic acids is 1. The molecule has 2 nitrogen and oxygen atoms in total. The van der Waals surface area contributed by atoms with Crippen molar-refractivity contribution >= 4 is 37.8 Å². The number of alkyl halides is 4. The number of hydrogen-bond acceptors (Lipinski definition) is 1. The molecule has 0 saturated heterocycles. The van der Waals surface area contributed by atoms with Crippen LogP contribution in [0.3, 0.4) is 0 Å². The highest BCUT2D eigenvalue weighted by molar-refractivity contribution is 9.10. The van der Waals surface area contributed by atoms with E-state index < -0.39 is 18.6 Å². The summed E-state index contributed by atoms with van der Waals surface area (Å²) < 4.78 is 38.1. The first-order chi connectivity index (χ1) is 8.74. The molecule has 0 atom stereocenters. The summed E-state index contributed by atoms with van der Waals surface area (Å²) in [6.07, 6.45) is -4.40. The summed E-state index contributed by atoms with van der Waals surface area (Å²) >= 11 is 6.31. The molecule has 1 aromatic rings. The van der Waals surface area contributed by atoms with Crippen molar-refractivity contribution in [2.45, 2.75) is 13.1 Å². The molecule has 0 spiro atoms. The van der Waals surface area contributed by atoms with Crippen LogP contribution in [0.1, 0.15) is 15.9 Å². The van der Waals surface area contributed by atoms with E-state index in [0.29, 0.717) is 10.9 Å². The van der Waals surface area contributed by atoms with E-state index in [4.69, 9.17) is 0 Å². The third kappa shape index (κ3) is 5.14. The van der Waals surface area contributed by atoms with E-state index in [1.165, 1.54) is 6.07 Å². The fraction of sp³-hybridized carbons (Fsp3) is 0.417. The Balaban J connectivity index is 2.99. The summed E-state index contributed by atoms with van der Waals surface area (Å²) in [6, 6.07) is 4.87. The van der Waals surface area contributed by atoms with E-state index in [-0.39, 0.29) is 12.1 Å². The molecule has 1 amide bonds.